The molecule has 27 heavy (non-hydrogen) atoms. The molecular weight excluding hydrogens is 362 g/mol. The summed E-state index contributed by atoms with van der Waals surface area (Å²) < 4.78 is 0. The number of carbonyl (C=O) groups excluding carboxylic acids is 3. The molecule has 1 aliphatic rings. The Morgan fingerprint density at radius 3 is 2.37 bits per heavy atom. The third kappa shape index (κ3) is 5.17. The Balaban J connectivity index is 1.67. The predicted octanol–water partition coefficient (Wildman–Crippen LogP) is 3.63. The fourth-order valence-electron chi connectivity index (χ4n) is 3.40. The average Bonchev–Trinajstić information content (AvgIpc) is 3.33. The van der Waals surface area contributed by atoms with E-state index in [9.17, 15) is 14.4 Å². The number of anilines is 2. The van der Waals surface area contributed by atoms with Gasteiger partial charge in [-0.3, -0.25) is 14.4 Å². The first-order chi connectivity index (χ1) is 13.0. The molecule has 1 unspecified atom stereocenters. The van der Waals surface area contributed by atoms with Gasteiger partial charge in [-0.25, -0.2) is 0 Å². The van der Waals surface area contributed by atoms with Crippen LogP contribution in [-0.4, -0.2) is 23.8 Å². The molecule has 1 atom stereocenters. The maximum atomic E-state index is 12.7. The van der Waals surface area contributed by atoms with Gasteiger partial charge in [0, 0.05) is 18.3 Å². The van der Waals surface area contributed by atoms with Gasteiger partial charge in [-0.05, 0) is 48.4 Å². The Morgan fingerprint density at radius 2 is 1.74 bits per heavy atom. The molecule has 1 saturated carbocycles. The molecule has 1 aliphatic carbocycles. The van der Waals surface area contributed by atoms with Crippen LogP contribution in [0.1, 0.15) is 42.3 Å². The molecule has 1 heterocycles. The first-order valence-corrected chi connectivity index (χ1v) is 9.94. The largest absolute Gasteiger partial charge is 0.344 e. The molecule has 3 rings (SSSR count). The second-order valence-corrected chi connectivity index (χ2v) is 7.67. The monoisotopic (exact) mass is 385 g/mol. The molecule has 0 saturated heterocycles. The summed E-state index contributed by atoms with van der Waals surface area (Å²) in [4.78, 5) is 37.1. The zero-order chi connectivity index (χ0) is 19.2. The van der Waals surface area contributed by atoms with Crippen LogP contribution in [0.4, 0.5) is 11.4 Å². The van der Waals surface area contributed by atoms with Gasteiger partial charge in [0.25, 0.3) is 5.91 Å². The summed E-state index contributed by atoms with van der Waals surface area (Å²) in [5.74, 6) is -0.455. The molecule has 142 valence electrons. The van der Waals surface area contributed by atoms with E-state index < -0.39 is 6.04 Å². The standard InChI is InChI=1S/C20H23N3O3S/c1-13(24)21-18(14-6-2-3-7-14)20(26)23-16-9-4-8-15(12-16)22-19(25)17-10-5-11-27-17/h4-5,8-12,14,18H,2-3,6-7H2,1H3,(H,21,24)(H,22,25)(H,23,26). The summed E-state index contributed by atoms with van der Waals surface area (Å²) >= 11 is 1.37. The second-order valence-electron chi connectivity index (χ2n) is 6.72. The molecule has 6 nitrogen and oxygen atoms in total. The average molecular weight is 385 g/mol. The number of amides is 3. The molecule has 1 aromatic heterocycles. The number of hydrogen-bond acceptors (Lipinski definition) is 4. The fraction of sp³-hybridized carbons (Fsp3) is 0.350. The van der Waals surface area contributed by atoms with Crippen LogP contribution in [0.3, 0.4) is 0 Å². The highest BCUT2D eigenvalue weighted by molar-refractivity contribution is 7.12. The van der Waals surface area contributed by atoms with Crippen molar-refractivity contribution in [3.63, 3.8) is 0 Å². The van der Waals surface area contributed by atoms with Gasteiger partial charge in [-0.15, -0.1) is 11.3 Å². The molecule has 7 heteroatoms. The van der Waals surface area contributed by atoms with Gasteiger partial charge in [0.2, 0.25) is 11.8 Å². The maximum absolute atomic E-state index is 12.7. The van der Waals surface area contributed by atoms with E-state index in [1.165, 1.54) is 18.3 Å². The lowest BCUT2D eigenvalue weighted by Crippen LogP contribution is -2.47. The molecule has 0 aliphatic heterocycles. The molecule has 0 radical (unpaired) electrons. The summed E-state index contributed by atoms with van der Waals surface area (Å²) in [6.07, 6.45) is 4.04. The molecule has 3 N–H and O–H groups in total. The summed E-state index contributed by atoms with van der Waals surface area (Å²) in [5, 5.41) is 10.3. The first kappa shape index (κ1) is 19.1. The van der Waals surface area contributed by atoms with E-state index in [2.05, 4.69) is 16.0 Å². The molecule has 2 aromatic rings. The van der Waals surface area contributed by atoms with Gasteiger partial charge < -0.3 is 16.0 Å². The van der Waals surface area contributed by atoms with Crippen molar-refractivity contribution in [1.82, 2.24) is 5.32 Å². The lowest BCUT2D eigenvalue weighted by Gasteiger charge is -2.23. The quantitative estimate of drug-likeness (QED) is 0.709. The van der Waals surface area contributed by atoms with Gasteiger partial charge in [0.05, 0.1) is 4.88 Å². The first-order valence-electron chi connectivity index (χ1n) is 9.06. The minimum atomic E-state index is -0.533. The highest BCUT2D eigenvalue weighted by Crippen LogP contribution is 2.28. The third-order valence-electron chi connectivity index (χ3n) is 4.65. The molecular formula is C20H23N3O3S. The Labute approximate surface area is 162 Å². The van der Waals surface area contributed by atoms with Gasteiger partial charge in [0.15, 0.2) is 0 Å². The molecule has 3 amide bonds. The summed E-state index contributed by atoms with van der Waals surface area (Å²) in [6, 6.07) is 10.1. The smallest absolute Gasteiger partial charge is 0.265 e. The van der Waals surface area contributed by atoms with Crippen molar-refractivity contribution in [3.05, 3.63) is 46.7 Å². The summed E-state index contributed by atoms with van der Waals surface area (Å²) in [6.45, 7) is 1.43. The maximum Gasteiger partial charge on any atom is 0.265 e. The Hall–Kier alpha value is -2.67. The SMILES string of the molecule is CC(=O)NC(C(=O)Nc1cccc(NC(=O)c2cccs2)c1)C1CCCC1. The van der Waals surface area contributed by atoms with Crippen LogP contribution in [0.25, 0.3) is 0 Å². The van der Waals surface area contributed by atoms with Crippen LogP contribution >= 0.6 is 11.3 Å². The van der Waals surface area contributed by atoms with Crippen molar-refractivity contribution in [2.24, 2.45) is 5.92 Å². The van der Waals surface area contributed by atoms with Crippen LogP contribution in [0.5, 0.6) is 0 Å². The summed E-state index contributed by atoms with van der Waals surface area (Å²) in [7, 11) is 0. The lowest BCUT2D eigenvalue weighted by molar-refractivity contribution is -0.126. The van der Waals surface area contributed by atoms with E-state index in [0.29, 0.717) is 16.3 Å². The number of hydrogen-bond donors (Lipinski definition) is 3. The van der Waals surface area contributed by atoms with E-state index in [-0.39, 0.29) is 23.6 Å². The minimum Gasteiger partial charge on any atom is -0.344 e. The van der Waals surface area contributed by atoms with Crippen LogP contribution < -0.4 is 16.0 Å². The van der Waals surface area contributed by atoms with Crippen molar-refractivity contribution < 1.29 is 14.4 Å². The zero-order valence-corrected chi connectivity index (χ0v) is 16.0. The van der Waals surface area contributed by atoms with E-state index in [0.717, 1.165) is 25.7 Å². The lowest BCUT2D eigenvalue weighted by atomic mass is 9.97. The van der Waals surface area contributed by atoms with Crippen molar-refractivity contribution in [1.29, 1.82) is 0 Å². The summed E-state index contributed by atoms with van der Waals surface area (Å²) in [5.41, 5.74) is 1.18. The van der Waals surface area contributed by atoms with Crippen molar-refractivity contribution >= 4 is 40.4 Å². The normalized spacial score (nSPS) is 15.1. The van der Waals surface area contributed by atoms with Crippen LogP contribution in [0.15, 0.2) is 41.8 Å². The second kappa shape index (κ2) is 8.81. The Bertz CT molecular complexity index is 814. The molecule has 1 fully saturated rings. The topological polar surface area (TPSA) is 87.3 Å². The predicted molar refractivity (Wildman–Crippen MR) is 107 cm³/mol. The van der Waals surface area contributed by atoms with Crippen LogP contribution in [-0.2, 0) is 9.59 Å². The van der Waals surface area contributed by atoms with Crippen LogP contribution in [0.2, 0.25) is 0 Å². The van der Waals surface area contributed by atoms with E-state index >= 15 is 0 Å². The van der Waals surface area contributed by atoms with Gasteiger partial charge in [-0.1, -0.05) is 25.0 Å². The number of benzene rings is 1. The van der Waals surface area contributed by atoms with E-state index in [1.807, 2.05) is 11.4 Å². The Morgan fingerprint density at radius 1 is 1.04 bits per heavy atom. The highest BCUT2D eigenvalue weighted by Gasteiger charge is 2.31. The number of carbonyl (C=O) groups is 3. The van der Waals surface area contributed by atoms with E-state index in [4.69, 9.17) is 0 Å². The van der Waals surface area contributed by atoms with Crippen molar-refractivity contribution in [2.75, 3.05) is 10.6 Å². The van der Waals surface area contributed by atoms with E-state index in [1.54, 1.807) is 30.3 Å². The fourth-order valence-corrected chi connectivity index (χ4v) is 4.02. The van der Waals surface area contributed by atoms with Gasteiger partial charge >= 0.3 is 0 Å². The molecule has 0 spiro atoms. The Kier molecular flexibility index (Phi) is 6.24. The van der Waals surface area contributed by atoms with Crippen molar-refractivity contribution in [3.8, 4) is 0 Å². The number of nitrogens with one attached hydrogen (secondary N) is 3. The van der Waals surface area contributed by atoms with Gasteiger partial charge in [-0.2, -0.15) is 0 Å². The zero-order valence-electron chi connectivity index (χ0n) is 15.2. The van der Waals surface area contributed by atoms with Crippen LogP contribution in [0, 0.1) is 5.92 Å². The molecule has 1 aromatic carbocycles. The molecule has 0 bridgehead atoms. The van der Waals surface area contributed by atoms with Gasteiger partial charge in [0.1, 0.15) is 6.04 Å². The third-order valence-corrected chi connectivity index (χ3v) is 5.51. The number of rotatable bonds is 6. The highest BCUT2D eigenvalue weighted by atomic mass is 32.1. The minimum absolute atomic E-state index is 0.163. The van der Waals surface area contributed by atoms with Crippen molar-refractivity contribution in [2.45, 2.75) is 38.6 Å². The number of thiophene rings is 1.